The maximum Gasteiger partial charge on any atom is 0.242 e. The van der Waals surface area contributed by atoms with Gasteiger partial charge in [-0.15, -0.1) is 0 Å². The molecule has 2 atom stereocenters. The van der Waals surface area contributed by atoms with Crippen molar-refractivity contribution in [1.82, 2.24) is 5.32 Å². The zero-order chi connectivity index (χ0) is 14.4. The van der Waals surface area contributed by atoms with E-state index < -0.39 is 0 Å². The third-order valence-corrected chi connectivity index (χ3v) is 4.20. The molecule has 1 amide bonds. The maximum atomic E-state index is 12.2. The molecule has 20 heavy (non-hydrogen) atoms. The summed E-state index contributed by atoms with van der Waals surface area (Å²) in [5.74, 6) is 0.749. The van der Waals surface area contributed by atoms with Crippen LogP contribution in [0.3, 0.4) is 0 Å². The standard InChI is InChI=1S/C17H26N2O/c1-3-5-8-13(4-2)12-18-17(20)16-11-14-9-6-7-10-15(14)19-16/h6-7,9-10,13,16,19H,3-5,8,11-12H2,1-2H3,(H,18,20)/t13?,16-/m0/s1. The number of rotatable bonds is 7. The first kappa shape index (κ1) is 14.9. The zero-order valence-electron chi connectivity index (χ0n) is 12.6. The minimum absolute atomic E-state index is 0.101. The van der Waals surface area contributed by atoms with Gasteiger partial charge in [-0.3, -0.25) is 4.79 Å². The van der Waals surface area contributed by atoms with Crippen molar-refractivity contribution < 1.29 is 4.79 Å². The number of unbranched alkanes of at least 4 members (excludes halogenated alkanes) is 1. The number of hydrogen-bond donors (Lipinski definition) is 2. The number of nitrogens with one attached hydrogen (secondary N) is 2. The van der Waals surface area contributed by atoms with Crippen LogP contribution in [-0.2, 0) is 11.2 Å². The summed E-state index contributed by atoms with van der Waals surface area (Å²) < 4.78 is 0. The van der Waals surface area contributed by atoms with Crippen molar-refractivity contribution in [1.29, 1.82) is 0 Å². The van der Waals surface area contributed by atoms with Gasteiger partial charge in [0, 0.05) is 18.7 Å². The molecule has 3 heteroatoms. The molecule has 1 aromatic rings. The van der Waals surface area contributed by atoms with Gasteiger partial charge < -0.3 is 10.6 Å². The second-order valence-electron chi connectivity index (χ2n) is 5.72. The molecule has 1 aliphatic heterocycles. The first-order valence-corrected chi connectivity index (χ1v) is 7.86. The minimum Gasteiger partial charge on any atom is -0.373 e. The first-order valence-electron chi connectivity index (χ1n) is 7.86. The Balaban J connectivity index is 1.79. The molecule has 110 valence electrons. The first-order chi connectivity index (χ1) is 9.74. The number of hydrogen-bond acceptors (Lipinski definition) is 2. The highest BCUT2D eigenvalue weighted by Gasteiger charge is 2.26. The molecule has 1 aromatic carbocycles. The lowest BCUT2D eigenvalue weighted by molar-refractivity contribution is -0.121. The van der Waals surface area contributed by atoms with Crippen molar-refractivity contribution in [2.75, 3.05) is 11.9 Å². The minimum atomic E-state index is -0.101. The van der Waals surface area contributed by atoms with Crippen LogP contribution in [0, 0.1) is 5.92 Å². The monoisotopic (exact) mass is 274 g/mol. The Hall–Kier alpha value is -1.51. The van der Waals surface area contributed by atoms with Crippen LogP contribution in [0.4, 0.5) is 5.69 Å². The van der Waals surface area contributed by atoms with Gasteiger partial charge in [0.15, 0.2) is 0 Å². The molecule has 0 radical (unpaired) electrons. The predicted octanol–water partition coefficient (Wildman–Crippen LogP) is 3.36. The molecular weight excluding hydrogens is 248 g/mol. The number of para-hydroxylation sites is 1. The van der Waals surface area contributed by atoms with Crippen molar-refractivity contribution in [3.8, 4) is 0 Å². The average Bonchev–Trinajstić information content (AvgIpc) is 2.91. The van der Waals surface area contributed by atoms with Crippen LogP contribution in [0.5, 0.6) is 0 Å². The molecule has 0 bridgehead atoms. The van der Waals surface area contributed by atoms with Crippen molar-refractivity contribution >= 4 is 11.6 Å². The van der Waals surface area contributed by atoms with Crippen LogP contribution < -0.4 is 10.6 Å². The number of anilines is 1. The van der Waals surface area contributed by atoms with Crippen LogP contribution in [0.1, 0.15) is 45.1 Å². The van der Waals surface area contributed by atoms with E-state index in [1.54, 1.807) is 0 Å². The number of carbonyl (C=O) groups excluding carboxylic acids is 1. The number of carbonyl (C=O) groups is 1. The van der Waals surface area contributed by atoms with E-state index in [0.29, 0.717) is 5.92 Å². The molecule has 1 unspecified atom stereocenters. The van der Waals surface area contributed by atoms with E-state index in [1.807, 2.05) is 18.2 Å². The van der Waals surface area contributed by atoms with Gasteiger partial charge in [0.2, 0.25) is 5.91 Å². The molecule has 1 aliphatic rings. The summed E-state index contributed by atoms with van der Waals surface area (Å²) in [4.78, 5) is 12.2. The Morgan fingerprint density at radius 1 is 1.40 bits per heavy atom. The molecule has 3 nitrogen and oxygen atoms in total. The number of fused-ring (bicyclic) bond motifs is 1. The molecule has 0 aromatic heterocycles. The third kappa shape index (κ3) is 3.75. The van der Waals surface area contributed by atoms with Gasteiger partial charge in [0.1, 0.15) is 6.04 Å². The SMILES string of the molecule is CCCCC(CC)CNC(=O)[C@@H]1Cc2ccccc2N1. The molecule has 0 saturated heterocycles. The summed E-state index contributed by atoms with van der Waals surface area (Å²) in [6.07, 6.45) is 5.63. The molecule has 0 fully saturated rings. The van der Waals surface area contributed by atoms with Crippen molar-refractivity contribution in [3.63, 3.8) is 0 Å². The van der Waals surface area contributed by atoms with Crippen molar-refractivity contribution in [3.05, 3.63) is 29.8 Å². The fraction of sp³-hybridized carbons (Fsp3) is 0.588. The zero-order valence-corrected chi connectivity index (χ0v) is 12.6. The average molecular weight is 274 g/mol. The van der Waals surface area contributed by atoms with E-state index in [9.17, 15) is 4.79 Å². The van der Waals surface area contributed by atoms with Crippen LogP contribution in [0.2, 0.25) is 0 Å². The summed E-state index contributed by atoms with van der Waals surface area (Å²) in [5, 5.41) is 6.43. The van der Waals surface area contributed by atoms with E-state index in [-0.39, 0.29) is 11.9 Å². The van der Waals surface area contributed by atoms with Crippen molar-refractivity contribution in [2.45, 2.75) is 52.0 Å². The summed E-state index contributed by atoms with van der Waals surface area (Å²) in [5.41, 5.74) is 2.34. The van der Waals surface area contributed by atoms with Crippen LogP contribution in [0.15, 0.2) is 24.3 Å². The van der Waals surface area contributed by atoms with E-state index in [4.69, 9.17) is 0 Å². The molecule has 0 saturated carbocycles. The van der Waals surface area contributed by atoms with E-state index in [0.717, 1.165) is 25.1 Å². The summed E-state index contributed by atoms with van der Waals surface area (Å²) in [6.45, 7) is 5.23. The molecule has 1 heterocycles. The van der Waals surface area contributed by atoms with E-state index >= 15 is 0 Å². The van der Waals surface area contributed by atoms with Crippen LogP contribution >= 0.6 is 0 Å². The lowest BCUT2D eigenvalue weighted by Crippen LogP contribution is -2.40. The fourth-order valence-electron chi connectivity index (χ4n) is 2.77. The topological polar surface area (TPSA) is 41.1 Å². The quantitative estimate of drug-likeness (QED) is 0.800. The largest absolute Gasteiger partial charge is 0.373 e. The molecule has 2 N–H and O–H groups in total. The van der Waals surface area contributed by atoms with Gasteiger partial charge >= 0.3 is 0 Å². The fourth-order valence-corrected chi connectivity index (χ4v) is 2.77. The van der Waals surface area contributed by atoms with Gasteiger partial charge in [-0.1, -0.05) is 51.3 Å². The van der Waals surface area contributed by atoms with Gasteiger partial charge in [0.25, 0.3) is 0 Å². The van der Waals surface area contributed by atoms with Crippen LogP contribution in [-0.4, -0.2) is 18.5 Å². The normalized spacial score (nSPS) is 18.2. The molecule has 0 spiro atoms. The maximum absolute atomic E-state index is 12.2. The van der Waals surface area contributed by atoms with E-state index in [2.05, 4.69) is 30.5 Å². The summed E-state index contributed by atoms with van der Waals surface area (Å²) in [6, 6.07) is 8.06. The lowest BCUT2D eigenvalue weighted by atomic mass is 9.99. The summed E-state index contributed by atoms with van der Waals surface area (Å²) in [7, 11) is 0. The lowest BCUT2D eigenvalue weighted by Gasteiger charge is -2.17. The second kappa shape index (κ2) is 7.32. The predicted molar refractivity (Wildman–Crippen MR) is 83.9 cm³/mol. The van der Waals surface area contributed by atoms with Gasteiger partial charge in [0.05, 0.1) is 0 Å². The molecule has 0 aliphatic carbocycles. The highest BCUT2D eigenvalue weighted by molar-refractivity contribution is 5.87. The summed E-state index contributed by atoms with van der Waals surface area (Å²) >= 11 is 0. The Labute approximate surface area is 122 Å². The smallest absolute Gasteiger partial charge is 0.242 e. The Bertz CT molecular complexity index is 419. The van der Waals surface area contributed by atoms with Crippen molar-refractivity contribution in [2.24, 2.45) is 5.92 Å². The van der Waals surface area contributed by atoms with Gasteiger partial charge in [-0.2, -0.15) is 0 Å². The number of benzene rings is 1. The van der Waals surface area contributed by atoms with Gasteiger partial charge in [-0.25, -0.2) is 0 Å². The number of amides is 1. The Kier molecular flexibility index (Phi) is 5.45. The highest BCUT2D eigenvalue weighted by atomic mass is 16.2. The van der Waals surface area contributed by atoms with Gasteiger partial charge in [-0.05, 0) is 24.0 Å². The highest BCUT2D eigenvalue weighted by Crippen LogP contribution is 2.25. The van der Waals surface area contributed by atoms with E-state index in [1.165, 1.54) is 24.8 Å². The Morgan fingerprint density at radius 2 is 2.20 bits per heavy atom. The second-order valence-corrected chi connectivity index (χ2v) is 5.72. The van der Waals surface area contributed by atoms with Crippen LogP contribution in [0.25, 0.3) is 0 Å². The molecular formula is C17H26N2O. The molecule has 2 rings (SSSR count). The third-order valence-electron chi connectivity index (χ3n) is 4.20. The Morgan fingerprint density at radius 3 is 2.90 bits per heavy atom.